The molecule has 5 nitrogen and oxygen atoms in total. The average molecular weight is 232 g/mol. The third-order valence-corrected chi connectivity index (χ3v) is 4.04. The molecule has 14 heavy (non-hydrogen) atoms. The van der Waals surface area contributed by atoms with Crippen LogP contribution in [0.25, 0.3) is 0 Å². The van der Waals surface area contributed by atoms with E-state index in [9.17, 15) is 8.42 Å². The highest BCUT2D eigenvalue weighted by atomic mass is 32.2. The zero-order valence-corrected chi connectivity index (χ0v) is 8.73. The summed E-state index contributed by atoms with van der Waals surface area (Å²) >= 11 is 1.32. The number of aliphatic hydroxyl groups is 1. The number of thiophene rings is 1. The number of amidine groups is 1. The van der Waals surface area contributed by atoms with Crippen molar-refractivity contribution in [3.63, 3.8) is 0 Å². The number of fused-ring (bicyclic) bond motifs is 1. The molecule has 1 aromatic rings. The summed E-state index contributed by atoms with van der Waals surface area (Å²) < 4.78 is 25.2. The van der Waals surface area contributed by atoms with Gasteiger partial charge in [-0.15, -0.1) is 0 Å². The third-order valence-electron chi connectivity index (χ3n) is 1.77. The summed E-state index contributed by atoms with van der Waals surface area (Å²) in [7, 11) is -3.39. The molecule has 2 heterocycles. The second-order valence-corrected chi connectivity index (χ2v) is 5.10. The molecule has 0 bridgehead atoms. The maximum atomic E-state index is 11.4. The van der Waals surface area contributed by atoms with E-state index in [2.05, 4.69) is 9.71 Å². The van der Waals surface area contributed by atoms with Crippen molar-refractivity contribution in [1.29, 1.82) is 0 Å². The molecule has 0 atom stereocenters. The second-order valence-electron chi connectivity index (χ2n) is 2.71. The van der Waals surface area contributed by atoms with Gasteiger partial charge >= 0.3 is 0 Å². The molecule has 2 rings (SSSR count). The number of aliphatic imine (C=N–C) groups is 1. The van der Waals surface area contributed by atoms with E-state index in [4.69, 9.17) is 5.11 Å². The Balaban J connectivity index is 2.46. The molecule has 0 radical (unpaired) electrons. The molecule has 76 valence electrons. The predicted molar refractivity (Wildman–Crippen MR) is 53.1 cm³/mol. The van der Waals surface area contributed by atoms with Gasteiger partial charge in [-0.25, -0.2) is 8.42 Å². The zero-order valence-electron chi connectivity index (χ0n) is 7.10. The second kappa shape index (κ2) is 3.34. The van der Waals surface area contributed by atoms with Crippen molar-refractivity contribution >= 4 is 27.2 Å². The number of hydrogen-bond acceptors (Lipinski definition) is 5. The van der Waals surface area contributed by atoms with Crippen LogP contribution in [-0.4, -0.2) is 32.5 Å². The molecule has 7 heteroatoms. The molecular formula is C7H8N2O3S2. The van der Waals surface area contributed by atoms with Gasteiger partial charge in [0.2, 0.25) is 0 Å². The molecule has 0 aliphatic carbocycles. The summed E-state index contributed by atoms with van der Waals surface area (Å²) in [5.41, 5.74) is 0.600. The first kappa shape index (κ1) is 9.63. The SMILES string of the molecule is O=S1(=O)NC(=NCCO)c2cscc21. The number of hydrogen-bond donors (Lipinski definition) is 2. The number of aliphatic hydroxyl groups excluding tert-OH is 1. The normalized spacial score (nSPS) is 20.8. The summed E-state index contributed by atoms with van der Waals surface area (Å²) in [6.45, 7) is 0.109. The summed E-state index contributed by atoms with van der Waals surface area (Å²) in [6.07, 6.45) is 0. The standard InChI is InChI=1S/C7H8N2O3S2/c10-2-1-8-7-5-3-13-4-6(5)14(11,12)9-7/h3-4,10H,1-2H2,(H,8,9). The Morgan fingerprint density at radius 3 is 3.00 bits per heavy atom. The van der Waals surface area contributed by atoms with Crippen LogP contribution in [0.3, 0.4) is 0 Å². The minimum Gasteiger partial charge on any atom is -0.394 e. The molecule has 0 fully saturated rings. The predicted octanol–water partition coefficient (Wildman–Crippen LogP) is -0.221. The lowest BCUT2D eigenvalue weighted by Crippen LogP contribution is -2.22. The fourth-order valence-electron chi connectivity index (χ4n) is 1.18. The Morgan fingerprint density at radius 1 is 1.50 bits per heavy atom. The fourth-order valence-corrected chi connectivity index (χ4v) is 3.61. The highest BCUT2D eigenvalue weighted by Crippen LogP contribution is 2.26. The van der Waals surface area contributed by atoms with E-state index in [-0.39, 0.29) is 18.0 Å². The molecule has 0 saturated heterocycles. The van der Waals surface area contributed by atoms with E-state index in [0.717, 1.165) is 0 Å². The van der Waals surface area contributed by atoms with Crippen LogP contribution in [0.5, 0.6) is 0 Å². The number of nitrogens with one attached hydrogen (secondary N) is 1. The molecule has 0 unspecified atom stereocenters. The smallest absolute Gasteiger partial charge is 0.264 e. The van der Waals surface area contributed by atoms with Crippen molar-refractivity contribution in [2.24, 2.45) is 4.99 Å². The van der Waals surface area contributed by atoms with Crippen molar-refractivity contribution < 1.29 is 13.5 Å². The maximum Gasteiger partial charge on any atom is 0.264 e. The molecule has 0 aromatic carbocycles. The molecular weight excluding hydrogens is 224 g/mol. The van der Waals surface area contributed by atoms with Gasteiger partial charge in [0.15, 0.2) is 0 Å². The maximum absolute atomic E-state index is 11.4. The van der Waals surface area contributed by atoms with Crippen LogP contribution in [0.1, 0.15) is 5.56 Å². The van der Waals surface area contributed by atoms with Gasteiger partial charge in [-0.1, -0.05) is 0 Å². The Morgan fingerprint density at radius 2 is 2.29 bits per heavy atom. The van der Waals surface area contributed by atoms with Gasteiger partial charge in [-0.3, -0.25) is 9.71 Å². The molecule has 1 aliphatic heterocycles. The van der Waals surface area contributed by atoms with Gasteiger partial charge in [-0.2, -0.15) is 11.3 Å². The van der Waals surface area contributed by atoms with Gasteiger partial charge < -0.3 is 5.11 Å². The summed E-state index contributed by atoms with van der Waals surface area (Å²) in [5, 5.41) is 11.9. The molecule has 2 N–H and O–H groups in total. The van der Waals surface area contributed by atoms with E-state index in [1.165, 1.54) is 11.3 Å². The van der Waals surface area contributed by atoms with Crippen LogP contribution in [0.2, 0.25) is 0 Å². The van der Waals surface area contributed by atoms with Gasteiger partial charge in [-0.05, 0) is 0 Å². The first-order valence-electron chi connectivity index (χ1n) is 3.90. The minimum atomic E-state index is -3.39. The Kier molecular flexibility index (Phi) is 2.30. The van der Waals surface area contributed by atoms with E-state index in [1.807, 2.05) is 0 Å². The van der Waals surface area contributed by atoms with Gasteiger partial charge in [0.05, 0.1) is 13.2 Å². The first-order chi connectivity index (χ1) is 6.65. The zero-order chi connectivity index (χ0) is 10.2. The van der Waals surface area contributed by atoms with Crippen molar-refractivity contribution in [3.05, 3.63) is 16.3 Å². The van der Waals surface area contributed by atoms with Crippen molar-refractivity contribution in [2.75, 3.05) is 13.2 Å². The third kappa shape index (κ3) is 1.43. The topological polar surface area (TPSA) is 78.8 Å². The van der Waals surface area contributed by atoms with Crippen LogP contribution >= 0.6 is 11.3 Å². The number of sulfonamides is 1. The quantitative estimate of drug-likeness (QED) is 0.740. The number of rotatable bonds is 2. The molecule has 1 aliphatic rings. The number of nitrogens with zero attached hydrogens (tertiary/aromatic N) is 1. The van der Waals surface area contributed by atoms with Crippen LogP contribution in [0, 0.1) is 0 Å². The van der Waals surface area contributed by atoms with Gasteiger partial charge in [0.1, 0.15) is 10.7 Å². The Bertz CT molecular complexity index is 475. The summed E-state index contributed by atoms with van der Waals surface area (Å²) in [6, 6.07) is 0. The molecule has 1 aromatic heterocycles. The van der Waals surface area contributed by atoms with Crippen molar-refractivity contribution in [2.45, 2.75) is 4.90 Å². The van der Waals surface area contributed by atoms with Crippen LogP contribution in [0.15, 0.2) is 20.6 Å². The van der Waals surface area contributed by atoms with Crippen molar-refractivity contribution in [3.8, 4) is 0 Å². The summed E-state index contributed by atoms with van der Waals surface area (Å²) in [5.74, 6) is 0.329. The lowest BCUT2D eigenvalue weighted by Gasteiger charge is -1.96. The highest BCUT2D eigenvalue weighted by Gasteiger charge is 2.31. The molecule has 0 amide bonds. The minimum absolute atomic E-state index is 0.0926. The highest BCUT2D eigenvalue weighted by molar-refractivity contribution is 7.90. The Labute approximate surface area is 85.2 Å². The molecule has 0 saturated carbocycles. The van der Waals surface area contributed by atoms with E-state index in [1.54, 1.807) is 10.8 Å². The monoisotopic (exact) mass is 232 g/mol. The lowest BCUT2D eigenvalue weighted by atomic mass is 10.3. The average Bonchev–Trinajstić information content (AvgIpc) is 2.67. The van der Waals surface area contributed by atoms with Gasteiger partial charge in [0, 0.05) is 16.3 Å². The van der Waals surface area contributed by atoms with Crippen LogP contribution in [-0.2, 0) is 10.0 Å². The van der Waals surface area contributed by atoms with E-state index >= 15 is 0 Å². The largest absolute Gasteiger partial charge is 0.394 e. The van der Waals surface area contributed by atoms with E-state index < -0.39 is 10.0 Å². The lowest BCUT2D eigenvalue weighted by molar-refractivity contribution is 0.307. The van der Waals surface area contributed by atoms with E-state index in [0.29, 0.717) is 11.4 Å². The summed E-state index contributed by atoms with van der Waals surface area (Å²) in [4.78, 5) is 4.21. The first-order valence-corrected chi connectivity index (χ1v) is 6.32. The molecule has 0 spiro atoms. The Hall–Kier alpha value is -0.920. The van der Waals surface area contributed by atoms with Crippen LogP contribution in [0.4, 0.5) is 0 Å². The fraction of sp³-hybridized carbons (Fsp3) is 0.286. The van der Waals surface area contributed by atoms with Crippen LogP contribution < -0.4 is 4.72 Å². The van der Waals surface area contributed by atoms with Crippen molar-refractivity contribution in [1.82, 2.24) is 4.72 Å². The van der Waals surface area contributed by atoms with Gasteiger partial charge in [0.25, 0.3) is 10.0 Å².